The van der Waals surface area contributed by atoms with E-state index in [1.165, 1.54) is 0 Å². The van der Waals surface area contributed by atoms with E-state index in [1.807, 2.05) is 18.2 Å². The lowest BCUT2D eigenvalue weighted by Gasteiger charge is -2.26. The maximum absolute atomic E-state index is 13.2. The van der Waals surface area contributed by atoms with Gasteiger partial charge in [-0.2, -0.15) is 0 Å². The molecule has 2 N–H and O–H groups in total. The first-order chi connectivity index (χ1) is 16.0. The molecule has 4 heterocycles. The normalized spacial score (nSPS) is 17.3. The molecule has 1 aromatic carbocycles. The number of anilines is 1. The molecule has 8 nitrogen and oxygen atoms in total. The lowest BCUT2D eigenvalue weighted by molar-refractivity contribution is 0.0903. The monoisotopic (exact) mass is 487 g/mol. The van der Waals surface area contributed by atoms with Crippen molar-refractivity contribution in [1.82, 2.24) is 19.4 Å². The summed E-state index contributed by atoms with van der Waals surface area (Å²) < 4.78 is 6.98. The second-order valence-corrected chi connectivity index (χ2v) is 9.02. The molecular weight excluding hydrogens is 465 g/mol. The lowest BCUT2D eigenvalue weighted by Crippen LogP contribution is -2.32. The molecule has 1 amide bonds. The van der Waals surface area contributed by atoms with E-state index in [-0.39, 0.29) is 18.7 Å². The van der Waals surface area contributed by atoms with E-state index in [9.17, 15) is 9.90 Å². The number of aromatic nitrogens is 3. The van der Waals surface area contributed by atoms with Gasteiger partial charge in [-0.05, 0) is 36.6 Å². The highest BCUT2D eigenvalue weighted by molar-refractivity contribution is 6.33. The molecule has 172 valence electrons. The van der Waals surface area contributed by atoms with Crippen LogP contribution in [0, 0.1) is 0 Å². The van der Waals surface area contributed by atoms with E-state index in [0.29, 0.717) is 41.4 Å². The zero-order valence-electron chi connectivity index (χ0n) is 17.7. The third-order valence-corrected chi connectivity index (χ3v) is 6.55. The summed E-state index contributed by atoms with van der Waals surface area (Å²) in [6.45, 7) is 1.58. The van der Waals surface area contributed by atoms with Crippen LogP contribution in [0.25, 0.3) is 11.3 Å². The van der Waals surface area contributed by atoms with E-state index in [0.717, 1.165) is 29.7 Å². The molecule has 0 spiro atoms. The Morgan fingerprint density at radius 1 is 1.24 bits per heavy atom. The van der Waals surface area contributed by atoms with Crippen LogP contribution >= 0.6 is 23.2 Å². The number of hydrogen-bond donors (Lipinski definition) is 2. The van der Waals surface area contributed by atoms with Crippen molar-refractivity contribution in [2.45, 2.75) is 31.5 Å². The van der Waals surface area contributed by atoms with Gasteiger partial charge in [-0.3, -0.25) is 4.57 Å². The first-order valence-electron chi connectivity index (χ1n) is 10.8. The van der Waals surface area contributed by atoms with Gasteiger partial charge in [0.2, 0.25) is 5.95 Å². The molecule has 1 unspecified atom stereocenters. The number of aliphatic hydroxyl groups excluding tert-OH is 1. The van der Waals surface area contributed by atoms with Crippen molar-refractivity contribution in [3.8, 4) is 11.3 Å². The summed E-state index contributed by atoms with van der Waals surface area (Å²) in [6, 6.07) is 8.63. The average molecular weight is 488 g/mol. The Kier molecular flexibility index (Phi) is 6.25. The Bertz CT molecular complexity index is 1180. The van der Waals surface area contributed by atoms with Gasteiger partial charge in [-0.25, -0.2) is 14.8 Å². The molecule has 2 aromatic heterocycles. The van der Waals surface area contributed by atoms with Crippen molar-refractivity contribution in [1.29, 1.82) is 0 Å². The minimum Gasteiger partial charge on any atom is -0.394 e. The van der Waals surface area contributed by atoms with Gasteiger partial charge < -0.3 is 20.1 Å². The summed E-state index contributed by atoms with van der Waals surface area (Å²) in [7, 11) is 0. The fourth-order valence-electron chi connectivity index (χ4n) is 4.32. The number of rotatable bonds is 6. The largest absolute Gasteiger partial charge is 0.394 e. The van der Waals surface area contributed by atoms with E-state index >= 15 is 0 Å². The van der Waals surface area contributed by atoms with E-state index in [2.05, 4.69) is 15.3 Å². The number of nitrogens with zero attached hydrogens (tertiary/aromatic N) is 4. The molecule has 33 heavy (non-hydrogen) atoms. The smallest absolute Gasteiger partial charge is 0.329 e. The molecule has 3 aromatic rings. The van der Waals surface area contributed by atoms with Gasteiger partial charge in [0.25, 0.3) is 0 Å². The van der Waals surface area contributed by atoms with Crippen molar-refractivity contribution in [2.75, 3.05) is 25.1 Å². The number of ether oxygens (including phenoxy) is 1. The van der Waals surface area contributed by atoms with Crippen LogP contribution < -0.4 is 5.32 Å². The zero-order chi connectivity index (χ0) is 22.9. The van der Waals surface area contributed by atoms with Gasteiger partial charge >= 0.3 is 6.03 Å². The van der Waals surface area contributed by atoms with Crippen LogP contribution in [-0.4, -0.2) is 56.4 Å². The SMILES string of the molecule is O=C1N(C(CO)c2cccc(Cl)c2)Cc2cc(-c3nc(NC4CCOCC4)ncc3Cl)cn21. The minimum absolute atomic E-state index is 0.206. The second-order valence-electron chi connectivity index (χ2n) is 8.18. The highest BCUT2D eigenvalue weighted by Gasteiger charge is 2.34. The Balaban J connectivity index is 1.38. The molecule has 2 aliphatic heterocycles. The van der Waals surface area contributed by atoms with Crippen molar-refractivity contribution < 1.29 is 14.6 Å². The Morgan fingerprint density at radius 3 is 2.79 bits per heavy atom. The summed E-state index contributed by atoms with van der Waals surface area (Å²) in [5.74, 6) is 0.502. The van der Waals surface area contributed by atoms with Crippen molar-refractivity contribution in [3.63, 3.8) is 0 Å². The van der Waals surface area contributed by atoms with Crippen LogP contribution in [0.5, 0.6) is 0 Å². The lowest BCUT2D eigenvalue weighted by atomic mass is 10.1. The average Bonchev–Trinajstić information content (AvgIpc) is 3.36. The van der Waals surface area contributed by atoms with E-state index < -0.39 is 6.04 Å². The number of halogens is 2. The molecular formula is C23H23Cl2N5O3. The summed E-state index contributed by atoms with van der Waals surface area (Å²) in [5.41, 5.74) is 2.89. The molecule has 10 heteroatoms. The molecule has 5 rings (SSSR count). The fraction of sp³-hybridized carbons (Fsp3) is 0.348. The zero-order valence-corrected chi connectivity index (χ0v) is 19.3. The molecule has 0 radical (unpaired) electrons. The molecule has 0 aliphatic carbocycles. The van der Waals surface area contributed by atoms with Crippen LogP contribution in [0.2, 0.25) is 10.0 Å². The van der Waals surface area contributed by atoms with Crippen LogP contribution in [-0.2, 0) is 11.3 Å². The minimum atomic E-state index is -0.488. The summed E-state index contributed by atoms with van der Waals surface area (Å²) in [6.07, 6.45) is 5.09. The highest BCUT2D eigenvalue weighted by Crippen LogP contribution is 2.34. The summed E-state index contributed by atoms with van der Waals surface area (Å²) in [4.78, 5) is 23.7. The van der Waals surface area contributed by atoms with Gasteiger partial charge in [-0.15, -0.1) is 0 Å². The van der Waals surface area contributed by atoms with Gasteiger partial charge in [0.1, 0.15) is 0 Å². The summed E-state index contributed by atoms with van der Waals surface area (Å²) in [5, 5.41) is 14.3. The van der Waals surface area contributed by atoms with Crippen LogP contribution in [0.3, 0.4) is 0 Å². The Hall–Kier alpha value is -2.65. The fourth-order valence-corrected chi connectivity index (χ4v) is 4.72. The van der Waals surface area contributed by atoms with Gasteiger partial charge in [0.15, 0.2) is 0 Å². The first kappa shape index (κ1) is 22.2. The van der Waals surface area contributed by atoms with E-state index in [1.54, 1.807) is 34.0 Å². The summed E-state index contributed by atoms with van der Waals surface area (Å²) >= 11 is 12.5. The van der Waals surface area contributed by atoms with Gasteiger partial charge in [0.05, 0.1) is 36.1 Å². The quantitative estimate of drug-likeness (QED) is 0.536. The molecule has 0 bridgehead atoms. The third-order valence-electron chi connectivity index (χ3n) is 6.04. The number of nitrogens with one attached hydrogen (secondary N) is 1. The van der Waals surface area contributed by atoms with Crippen LogP contribution in [0.15, 0.2) is 42.7 Å². The van der Waals surface area contributed by atoms with Gasteiger partial charge in [-0.1, -0.05) is 35.3 Å². The number of carbonyl (C=O) groups excluding carboxylic acids is 1. The number of hydrogen-bond acceptors (Lipinski definition) is 6. The van der Waals surface area contributed by atoms with Crippen LogP contribution in [0.4, 0.5) is 10.7 Å². The van der Waals surface area contributed by atoms with Crippen molar-refractivity contribution in [2.24, 2.45) is 0 Å². The second kappa shape index (κ2) is 9.30. The van der Waals surface area contributed by atoms with Crippen molar-refractivity contribution in [3.05, 3.63) is 64.0 Å². The van der Waals surface area contributed by atoms with Gasteiger partial charge in [0, 0.05) is 41.7 Å². The molecule has 1 saturated heterocycles. The number of carbonyl (C=O) groups is 1. The highest BCUT2D eigenvalue weighted by atomic mass is 35.5. The Labute approximate surface area is 201 Å². The predicted octanol–water partition coefficient (Wildman–Crippen LogP) is 4.36. The Morgan fingerprint density at radius 2 is 2.06 bits per heavy atom. The standard InChI is InChI=1S/C23H23Cl2N5O3/c24-16-3-1-2-14(8-16)20(13-31)30-12-18-9-15(11-29(18)23(30)32)21-19(25)10-26-22(28-21)27-17-4-6-33-7-5-17/h1-3,8-11,17,20,31H,4-7,12-13H2,(H,26,27,28). The first-order valence-corrected chi connectivity index (χ1v) is 11.5. The maximum atomic E-state index is 13.2. The maximum Gasteiger partial charge on any atom is 0.329 e. The topological polar surface area (TPSA) is 92.5 Å². The van der Waals surface area contributed by atoms with Crippen molar-refractivity contribution >= 4 is 35.2 Å². The molecule has 0 saturated carbocycles. The molecule has 1 fully saturated rings. The number of fused-ring (bicyclic) bond motifs is 1. The molecule has 1 atom stereocenters. The predicted molar refractivity (Wildman–Crippen MR) is 126 cm³/mol. The number of benzene rings is 1. The third kappa shape index (κ3) is 4.44. The van der Waals surface area contributed by atoms with E-state index in [4.69, 9.17) is 27.9 Å². The number of amides is 1. The molecule has 2 aliphatic rings. The number of aliphatic hydroxyl groups is 1. The van der Waals surface area contributed by atoms with Crippen LogP contribution in [0.1, 0.15) is 30.1 Å².